The summed E-state index contributed by atoms with van der Waals surface area (Å²) in [6.45, 7) is 6.41. The molecule has 0 aliphatic rings. The number of aliphatic hydroxyl groups excluding tert-OH is 1. The molecule has 2 aromatic rings. The van der Waals surface area contributed by atoms with Crippen molar-refractivity contribution in [3.63, 3.8) is 0 Å². The number of hydrogen-bond acceptors (Lipinski definition) is 3. The van der Waals surface area contributed by atoms with Gasteiger partial charge in [-0.25, -0.2) is 0 Å². The van der Waals surface area contributed by atoms with Crippen LogP contribution in [0.4, 0.5) is 0 Å². The van der Waals surface area contributed by atoms with Crippen LogP contribution in [0.5, 0.6) is 0 Å². The Labute approximate surface area is 130 Å². The van der Waals surface area contributed by atoms with Crippen LogP contribution in [-0.4, -0.2) is 28.0 Å². The smallest absolute Gasteiger partial charge is 0.0644 e. The maximum absolute atomic E-state index is 9.02. The highest BCUT2D eigenvalue weighted by molar-refractivity contribution is 6.30. The number of rotatable bonds is 7. The van der Waals surface area contributed by atoms with Crippen LogP contribution in [0, 0.1) is 13.8 Å². The molecule has 0 aliphatic carbocycles. The van der Waals surface area contributed by atoms with Gasteiger partial charge in [0.2, 0.25) is 0 Å². The molecule has 0 spiro atoms. The van der Waals surface area contributed by atoms with Crippen LogP contribution in [0.3, 0.4) is 0 Å². The van der Waals surface area contributed by atoms with Crippen LogP contribution >= 0.6 is 11.6 Å². The van der Waals surface area contributed by atoms with Crippen molar-refractivity contribution in [2.24, 2.45) is 0 Å². The summed E-state index contributed by atoms with van der Waals surface area (Å²) >= 11 is 5.98. The van der Waals surface area contributed by atoms with Crippen LogP contribution < -0.4 is 5.32 Å². The molecule has 0 unspecified atom stereocenters. The molecule has 0 fully saturated rings. The van der Waals surface area contributed by atoms with Crippen LogP contribution in [0.2, 0.25) is 5.02 Å². The molecule has 2 rings (SSSR count). The molecule has 2 N–H and O–H groups in total. The zero-order valence-electron chi connectivity index (χ0n) is 12.6. The molecule has 1 aromatic carbocycles. The van der Waals surface area contributed by atoms with E-state index in [-0.39, 0.29) is 6.61 Å². The fraction of sp³-hybridized carbons (Fsp3) is 0.438. The van der Waals surface area contributed by atoms with E-state index in [0.29, 0.717) is 6.54 Å². The zero-order chi connectivity index (χ0) is 15.2. The van der Waals surface area contributed by atoms with Gasteiger partial charge in [0.1, 0.15) is 0 Å². The first-order chi connectivity index (χ1) is 10.1. The Morgan fingerprint density at radius 3 is 2.86 bits per heavy atom. The molecule has 4 nitrogen and oxygen atoms in total. The van der Waals surface area contributed by atoms with Crippen molar-refractivity contribution < 1.29 is 5.11 Å². The van der Waals surface area contributed by atoms with Crippen LogP contribution in [0.1, 0.15) is 22.5 Å². The van der Waals surface area contributed by atoms with Gasteiger partial charge in [-0.05, 0) is 44.5 Å². The van der Waals surface area contributed by atoms with Gasteiger partial charge in [-0.2, -0.15) is 5.10 Å². The number of aromatic nitrogens is 2. The summed E-state index contributed by atoms with van der Waals surface area (Å²) in [5, 5.41) is 17.7. The SMILES string of the molecule is Cc1nn(CCO)c(C)c1CNCCc1cccc(Cl)c1. The van der Waals surface area contributed by atoms with Gasteiger partial charge >= 0.3 is 0 Å². The summed E-state index contributed by atoms with van der Waals surface area (Å²) in [6.07, 6.45) is 0.948. The third-order valence-corrected chi connectivity index (χ3v) is 3.86. The van der Waals surface area contributed by atoms with Crippen molar-refractivity contribution in [1.82, 2.24) is 15.1 Å². The summed E-state index contributed by atoms with van der Waals surface area (Å²) in [7, 11) is 0. The molecule has 0 saturated carbocycles. The van der Waals surface area contributed by atoms with Gasteiger partial charge in [0.15, 0.2) is 0 Å². The second-order valence-electron chi connectivity index (χ2n) is 5.15. The van der Waals surface area contributed by atoms with Gasteiger partial charge in [-0.15, -0.1) is 0 Å². The fourth-order valence-corrected chi connectivity index (χ4v) is 2.65. The van der Waals surface area contributed by atoms with E-state index in [0.717, 1.165) is 35.9 Å². The first kappa shape index (κ1) is 16.0. The lowest BCUT2D eigenvalue weighted by molar-refractivity contribution is 0.267. The Morgan fingerprint density at radius 1 is 1.33 bits per heavy atom. The minimum atomic E-state index is 0.115. The molecule has 0 bridgehead atoms. The van der Waals surface area contributed by atoms with Crippen LogP contribution in [0.25, 0.3) is 0 Å². The van der Waals surface area contributed by atoms with E-state index >= 15 is 0 Å². The highest BCUT2D eigenvalue weighted by Crippen LogP contribution is 2.13. The van der Waals surface area contributed by atoms with Crippen molar-refractivity contribution in [2.75, 3.05) is 13.2 Å². The Morgan fingerprint density at radius 2 is 2.14 bits per heavy atom. The molecule has 0 radical (unpaired) electrons. The van der Waals surface area contributed by atoms with Crippen LogP contribution in [0.15, 0.2) is 24.3 Å². The number of nitrogens with zero attached hydrogens (tertiary/aromatic N) is 2. The number of nitrogens with one attached hydrogen (secondary N) is 1. The molecule has 1 aromatic heterocycles. The average molecular weight is 308 g/mol. The fourth-order valence-electron chi connectivity index (χ4n) is 2.44. The molecule has 0 amide bonds. The van der Waals surface area contributed by atoms with Crippen molar-refractivity contribution in [3.8, 4) is 0 Å². The summed E-state index contributed by atoms with van der Waals surface area (Å²) in [5.41, 5.74) is 4.60. The topological polar surface area (TPSA) is 50.1 Å². The minimum absolute atomic E-state index is 0.115. The quantitative estimate of drug-likeness (QED) is 0.773. The number of aliphatic hydroxyl groups is 1. The lowest BCUT2D eigenvalue weighted by Gasteiger charge is -2.07. The van der Waals surface area contributed by atoms with Gasteiger partial charge in [0, 0.05) is 22.8 Å². The Hall–Kier alpha value is -1.36. The number of halogens is 1. The molecule has 21 heavy (non-hydrogen) atoms. The second kappa shape index (κ2) is 7.59. The molecule has 114 valence electrons. The van der Waals surface area contributed by atoms with Crippen molar-refractivity contribution in [1.29, 1.82) is 0 Å². The monoisotopic (exact) mass is 307 g/mol. The Kier molecular flexibility index (Phi) is 5.79. The van der Waals surface area contributed by atoms with E-state index in [1.165, 1.54) is 11.1 Å². The molecule has 0 saturated heterocycles. The zero-order valence-corrected chi connectivity index (χ0v) is 13.3. The first-order valence-electron chi connectivity index (χ1n) is 7.20. The molecule has 0 aliphatic heterocycles. The highest BCUT2D eigenvalue weighted by Gasteiger charge is 2.10. The van der Waals surface area contributed by atoms with Gasteiger partial charge in [-0.3, -0.25) is 4.68 Å². The predicted molar refractivity (Wildman–Crippen MR) is 85.6 cm³/mol. The Bertz CT molecular complexity index is 595. The minimum Gasteiger partial charge on any atom is -0.394 e. The number of aryl methyl sites for hydroxylation is 1. The number of benzene rings is 1. The maximum atomic E-state index is 9.02. The van der Waals surface area contributed by atoms with E-state index < -0.39 is 0 Å². The number of hydrogen-bond donors (Lipinski definition) is 2. The summed E-state index contributed by atoms with van der Waals surface area (Å²) in [6, 6.07) is 7.95. The van der Waals surface area contributed by atoms with Gasteiger partial charge in [0.05, 0.1) is 18.8 Å². The standard InChI is InChI=1S/C16H22ClN3O/c1-12-16(13(2)20(19-12)8-9-21)11-18-7-6-14-4-3-5-15(17)10-14/h3-5,10,18,21H,6-9,11H2,1-2H3. The molecule has 1 heterocycles. The van der Waals surface area contributed by atoms with Crippen molar-refractivity contribution in [3.05, 3.63) is 51.8 Å². The average Bonchev–Trinajstić information content (AvgIpc) is 2.71. The molecule has 0 atom stereocenters. The summed E-state index contributed by atoms with van der Waals surface area (Å²) in [4.78, 5) is 0. The first-order valence-corrected chi connectivity index (χ1v) is 7.58. The third-order valence-electron chi connectivity index (χ3n) is 3.62. The lowest BCUT2D eigenvalue weighted by atomic mass is 10.1. The highest BCUT2D eigenvalue weighted by atomic mass is 35.5. The van der Waals surface area contributed by atoms with Crippen LogP contribution in [-0.2, 0) is 19.5 Å². The normalized spacial score (nSPS) is 11.0. The van der Waals surface area contributed by atoms with Crippen molar-refractivity contribution >= 4 is 11.6 Å². The predicted octanol–water partition coefficient (Wildman–Crippen LogP) is 2.48. The van der Waals surface area contributed by atoms with E-state index in [4.69, 9.17) is 16.7 Å². The molecular weight excluding hydrogens is 286 g/mol. The summed E-state index contributed by atoms with van der Waals surface area (Å²) in [5.74, 6) is 0. The largest absolute Gasteiger partial charge is 0.394 e. The van der Waals surface area contributed by atoms with E-state index in [1.807, 2.05) is 36.7 Å². The van der Waals surface area contributed by atoms with Gasteiger partial charge in [-0.1, -0.05) is 23.7 Å². The molecule has 5 heteroatoms. The van der Waals surface area contributed by atoms with Gasteiger partial charge < -0.3 is 10.4 Å². The maximum Gasteiger partial charge on any atom is 0.0644 e. The van der Waals surface area contributed by atoms with E-state index in [9.17, 15) is 0 Å². The lowest BCUT2D eigenvalue weighted by Crippen LogP contribution is -2.17. The van der Waals surface area contributed by atoms with Gasteiger partial charge in [0.25, 0.3) is 0 Å². The summed E-state index contributed by atoms with van der Waals surface area (Å²) < 4.78 is 1.86. The Balaban J connectivity index is 1.86. The third kappa shape index (κ3) is 4.30. The van der Waals surface area contributed by atoms with E-state index in [1.54, 1.807) is 0 Å². The second-order valence-corrected chi connectivity index (χ2v) is 5.59. The molecular formula is C16H22ClN3O. The van der Waals surface area contributed by atoms with E-state index in [2.05, 4.69) is 16.5 Å². The van der Waals surface area contributed by atoms with Crippen molar-refractivity contribution in [2.45, 2.75) is 33.4 Å².